The van der Waals surface area contributed by atoms with Crippen molar-refractivity contribution >= 4 is 44.8 Å². The van der Waals surface area contributed by atoms with E-state index in [1.165, 1.54) is 10.4 Å². The molecule has 0 fully saturated rings. The van der Waals surface area contributed by atoms with E-state index in [1.54, 1.807) is 26.0 Å². The van der Waals surface area contributed by atoms with Gasteiger partial charge < -0.3 is 5.32 Å². The number of rotatable bonds is 6. The number of carbonyl (C=O) groups excluding carboxylic acids is 1. The Bertz CT molecular complexity index is 618. The van der Waals surface area contributed by atoms with Crippen molar-refractivity contribution in [1.82, 2.24) is 4.31 Å². The highest BCUT2D eigenvalue weighted by Gasteiger charge is 2.21. The highest BCUT2D eigenvalue weighted by atomic mass is 35.5. The second-order valence-electron chi connectivity index (χ2n) is 4.89. The molecule has 1 aromatic carbocycles. The summed E-state index contributed by atoms with van der Waals surface area (Å²) in [7, 11) is -3.34. The highest BCUT2D eigenvalue weighted by Crippen LogP contribution is 2.25. The van der Waals surface area contributed by atoms with Gasteiger partial charge in [0.25, 0.3) is 0 Å². The molecule has 0 aromatic heterocycles. The van der Waals surface area contributed by atoms with E-state index >= 15 is 0 Å². The van der Waals surface area contributed by atoms with E-state index in [4.69, 9.17) is 23.2 Å². The quantitative estimate of drug-likeness (QED) is 0.855. The van der Waals surface area contributed by atoms with Gasteiger partial charge in [-0.25, -0.2) is 8.42 Å². The van der Waals surface area contributed by atoms with Gasteiger partial charge in [-0.3, -0.25) is 4.79 Å². The zero-order valence-corrected chi connectivity index (χ0v) is 14.4. The van der Waals surface area contributed by atoms with Crippen LogP contribution in [0.1, 0.15) is 20.3 Å². The number of nitrogens with one attached hydrogen (secondary N) is 1. The van der Waals surface area contributed by atoms with Gasteiger partial charge in [0.15, 0.2) is 0 Å². The van der Waals surface area contributed by atoms with Gasteiger partial charge in [0.05, 0.1) is 17.0 Å². The summed E-state index contributed by atoms with van der Waals surface area (Å²) in [6.07, 6.45) is 1.17. The fourth-order valence-corrected chi connectivity index (χ4v) is 3.47. The molecule has 0 aliphatic rings. The topological polar surface area (TPSA) is 66.5 Å². The van der Waals surface area contributed by atoms with Gasteiger partial charge in [0.2, 0.25) is 15.9 Å². The molecule has 5 nitrogen and oxygen atoms in total. The van der Waals surface area contributed by atoms with Crippen LogP contribution < -0.4 is 5.32 Å². The van der Waals surface area contributed by atoms with Gasteiger partial charge in [-0.1, -0.05) is 23.2 Å². The molecule has 0 atom stereocenters. The third kappa shape index (κ3) is 5.82. The van der Waals surface area contributed by atoms with Crippen molar-refractivity contribution in [3.8, 4) is 0 Å². The van der Waals surface area contributed by atoms with Crippen molar-refractivity contribution in [2.75, 3.05) is 18.1 Å². The van der Waals surface area contributed by atoms with E-state index < -0.39 is 10.0 Å². The van der Waals surface area contributed by atoms with E-state index in [0.717, 1.165) is 6.26 Å². The van der Waals surface area contributed by atoms with Crippen LogP contribution in [0, 0.1) is 0 Å². The number of halogens is 2. The first-order chi connectivity index (χ1) is 9.61. The molecule has 0 unspecified atom stereocenters. The monoisotopic (exact) mass is 352 g/mol. The van der Waals surface area contributed by atoms with Crippen LogP contribution in [0.2, 0.25) is 10.0 Å². The number of anilines is 1. The molecule has 0 saturated carbocycles. The molecule has 0 heterocycles. The number of hydrogen-bond acceptors (Lipinski definition) is 3. The van der Waals surface area contributed by atoms with Crippen molar-refractivity contribution in [2.24, 2.45) is 0 Å². The summed E-state index contributed by atoms with van der Waals surface area (Å²) in [5.41, 5.74) is 0.446. The van der Waals surface area contributed by atoms with Crippen molar-refractivity contribution in [3.63, 3.8) is 0 Å². The van der Waals surface area contributed by atoms with Crippen molar-refractivity contribution in [1.29, 1.82) is 0 Å². The summed E-state index contributed by atoms with van der Waals surface area (Å²) in [4.78, 5) is 11.9. The second kappa shape index (κ2) is 7.45. The Labute approximate surface area is 135 Å². The first-order valence-electron chi connectivity index (χ1n) is 6.33. The average molecular weight is 353 g/mol. The van der Waals surface area contributed by atoms with Crippen LogP contribution >= 0.6 is 23.2 Å². The predicted molar refractivity (Wildman–Crippen MR) is 86.4 cm³/mol. The minimum absolute atomic E-state index is 0.0458. The molecule has 0 saturated heterocycles. The Balaban J connectivity index is 2.65. The normalized spacial score (nSPS) is 12.0. The number of hydrogen-bond donors (Lipinski definition) is 1. The number of amides is 1. The van der Waals surface area contributed by atoms with Gasteiger partial charge in [0, 0.05) is 24.0 Å². The minimum atomic E-state index is -3.34. The lowest BCUT2D eigenvalue weighted by atomic mass is 10.3. The molecule has 0 aliphatic heterocycles. The van der Waals surface area contributed by atoms with Crippen LogP contribution in [0.3, 0.4) is 0 Å². The molecule has 0 spiro atoms. The molecule has 1 aromatic rings. The van der Waals surface area contributed by atoms with Crippen molar-refractivity contribution in [3.05, 3.63) is 28.2 Å². The summed E-state index contributed by atoms with van der Waals surface area (Å²) in [6.45, 7) is 3.64. The maximum absolute atomic E-state index is 11.9. The number of benzene rings is 1. The smallest absolute Gasteiger partial charge is 0.225 e. The van der Waals surface area contributed by atoms with E-state index in [-0.39, 0.29) is 24.9 Å². The Morgan fingerprint density at radius 3 is 2.43 bits per heavy atom. The summed E-state index contributed by atoms with van der Waals surface area (Å²) in [6, 6.07) is 4.53. The van der Waals surface area contributed by atoms with E-state index in [0.29, 0.717) is 15.7 Å². The third-order valence-corrected chi connectivity index (χ3v) is 4.77. The van der Waals surface area contributed by atoms with Gasteiger partial charge in [-0.05, 0) is 32.0 Å². The Hall–Kier alpha value is -0.820. The van der Waals surface area contributed by atoms with E-state index in [9.17, 15) is 13.2 Å². The second-order valence-corrected chi connectivity index (χ2v) is 7.67. The Kier molecular flexibility index (Phi) is 6.46. The van der Waals surface area contributed by atoms with Crippen LogP contribution in [0.4, 0.5) is 5.69 Å². The zero-order valence-electron chi connectivity index (χ0n) is 12.1. The molecule has 1 amide bonds. The van der Waals surface area contributed by atoms with E-state index in [1.807, 2.05) is 0 Å². The van der Waals surface area contributed by atoms with Gasteiger partial charge >= 0.3 is 0 Å². The summed E-state index contributed by atoms with van der Waals surface area (Å²) >= 11 is 11.7. The molecule has 1 rings (SSSR count). The maximum Gasteiger partial charge on any atom is 0.225 e. The fraction of sp³-hybridized carbons (Fsp3) is 0.462. The molecule has 118 valence electrons. The summed E-state index contributed by atoms with van der Waals surface area (Å²) in [5, 5.41) is 3.44. The number of sulfonamides is 1. The number of nitrogens with zero attached hydrogens (tertiary/aromatic N) is 1. The predicted octanol–water partition coefficient (Wildman–Crippen LogP) is 2.99. The maximum atomic E-state index is 11.9. The molecule has 21 heavy (non-hydrogen) atoms. The summed E-state index contributed by atoms with van der Waals surface area (Å²) in [5.74, 6) is -0.312. The molecule has 8 heteroatoms. The van der Waals surface area contributed by atoms with Crippen LogP contribution in [0.5, 0.6) is 0 Å². The fourth-order valence-electron chi connectivity index (χ4n) is 1.82. The largest absolute Gasteiger partial charge is 0.325 e. The molecular weight excluding hydrogens is 335 g/mol. The van der Waals surface area contributed by atoms with Crippen LogP contribution in [0.15, 0.2) is 18.2 Å². The lowest BCUT2D eigenvalue weighted by molar-refractivity contribution is -0.116. The van der Waals surface area contributed by atoms with Crippen LogP contribution in [0.25, 0.3) is 0 Å². The molecule has 1 N–H and O–H groups in total. The molecule has 0 aliphatic carbocycles. The molecular formula is C13H18Cl2N2O3S. The first-order valence-corrected chi connectivity index (χ1v) is 8.93. The van der Waals surface area contributed by atoms with Crippen molar-refractivity contribution in [2.45, 2.75) is 26.3 Å². The Morgan fingerprint density at radius 2 is 1.95 bits per heavy atom. The molecule has 0 bridgehead atoms. The van der Waals surface area contributed by atoms with Gasteiger partial charge in [-0.15, -0.1) is 0 Å². The highest BCUT2D eigenvalue weighted by molar-refractivity contribution is 7.88. The third-order valence-electron chi connectivity index (χ3n) is 2.77. The SMILES string of the molecule is CC(C)N(CCC(=O)Nc1ccc(Cl)cc1Cl)S(C)(=O)=O. The zero-order chi connectivity index (χ0) is 16.2. The Morgan fingerprint density at radius 1 is 1.33 bits per heavy atom. The molecule has 0 radical (unpaired) electrons. The van der Waals surface area contributed by atoms with Gasteiger partial charge in [-0.2, -0.15) is 4.31 Å². The lowest BCUT2D eigenvalue weighted by Gasteiger charge is -2.23. The summed E-state index contributed by atoms with van der Waals surface area (Å²) < 4.78 is 24.5. The van der Waals surface area contributed by atoms with Crippen molar-refractivity contribution < 1.29 is 13.2 Å². The average Bonchev–Trinajstić information content (AvgIpc) is 2.30. The van der Waals surface area contributed by atoms with E-state index in [2.05, 4.69) is 5.32 Å². The number of carbonyl (C=O) groups is 1. The lowest BCUT2D eigenvalue weighted by Crippen LogP contribution is -2.38. The van der Waals surface area contributed by atoms with Crippen LogP contribution in [-0.4, -0.2) is 37.5 Å². The minimum Gasteiger partial charge on any atom is -0.325 e. The standard InChI is InChI=1S/C13H18Cl2N2O3S/c1-9(2)17(21(3,19)20)7-6-13(18)16-12-5-4-10(14)8-11(12)15/h4-5,8-9H,6-7H2,1-3H3,(H,16,18). The van der Waals surface area contributed by atoms with Gasteiger partial charge in [0.1, 0.15) is 0 Å². The first kappa shape index (κ1) is 18.2. The van der Waals surface area contributed by atoms with Crippen LogP contribution in [-0.2, 0) is 14.8 Å².